The number of carbonyl (C=O) groups is 1. The molecule has 6 nitrogen and oxygen atoms in total. The number of carboxylic acid groups (broad SMARTS) is 1. The van der Waals surface area contributed by atoms with Crippen LogP contribution in [0, 0.1) is 18.8 Å². The molecule has 3 heterocycles. The third-order valence-electron chi connectivity index (χ3n) is 6.96. The van der Waals surface area contributed by atoms with Gasteiger partial charge in [-0.3, -0.25) is 4.79 Å². The van der Waals surface area contributed by atoms with Crippen molar-refractivity contribution in [2.45, 2.75) is 51.5 Å². The van der Waals surface area contributed by atoms with E-state index in [4.69, 9.17) is 5.73 Å². The van der Waals surface area contributed by atoms with Crippen molar-refractivity contribution >= 4 is 28.2 Å². The lowest BCUT2D eigenvalue weighted by Crippen LogP contribution is -2.30. The van der Waals surface area contributed by atoms with Crippen LogP contribution in [-0.2, 0) is 0 Å². The summed E-state index contributed by atoms with van der Waals surface area (Å²) in [4.78, 5) is 26.9. The van der Waals surface area contributed by atoms with Crippen molar-refractivity contribution in [3.63, 3.8) is 0 Å². The smallest absolute Gasteiger partial charge is 0.341 e. The van der Waals surface area contributed by atoms with Gasteiger partial charge in [0.05, 0.1) is 16.9 Å². The van der Waals surface area contributed by atoms with Gasteiger partial charge in [0.15, 0.2) is 0 Å². The van der Waals surface area contributed by atoms with Gasteiger partial charge in [-0.15, -0.1) is 0 Å². The van der Waals surface area contributed by atoms with Crippen molar-refractivity contribution in [1.82, 2.24) is 4.57 Å². The first-order valence-electron chi connectivity index (χ1n) is 10.4. The number of aromatic nitrogens is 1. The van der Waals surface area contributed by atoms with Gasteiger partial charge in [0.1, 0.15) is 5.56 Å². The van der Waals surface area contributed by atoms with Gasteiger partial charge in [-0.1, -0.05) is 0 Å². The molecular weight excluding hydrogens is 354 g/mol. The first kappa shape index (κ1) is 17.6. The highest BCUT2D eigenvalue weighted by molar-refractivity contribution is 5.98. The Labute approximate surface area is 163 Å². The molecule has 1 aromatic heterocycles. The number of pyridine rings is 1. The standard InChI is InChI=1S/C22H27N3O3/c1-12-19-16(21(26)17(22(27)28)11-25(19)15-6-7-15)8-18(23)20(12)24-9-13-2-3-14(10-24)5-4-13/h8,11,13-15H,2-7,9-10,23H2,1H3,(H,27,28). The Hall–Kier alpha value is -2.50. The van der Waals surface area contributed by atoms with Crippen molar-refractivity contribution in [3.05, 3.63) is 33.6 Å². The predicted molar refractivity (Wildman–Crippen MR) is 110 cm³/mol. The van der Waals surface area contributed by atoms with Crippen LogP contribution in [0.5, 0.6) is 0 Å². The lowest BCUT2D eigenvalue weighted by molar-refractivity contribution is 0.0695. The number of nitrogens with two attached hydrogens (primary N) is 1. The molecular formula is C22H27N3O3. The third kappa shape index (κ3) is 2.69. The summed E-state index contributed by atoms with van der Waals surface area (Å²) in [5.41, 5.74) is 9.39. The summed E-state index contributed by atoms with van der Waals surface area (Å²) in [5.74, 6) is 0.257. The molecule has 4 fully saturated rings. The average Bonchev–Trinajstić information content (AvgIpc) is 3.50. The van der Waals surface area contributed by atoms with E-state index in [9.17, 15) is 14.7 Å². The highest BCUT2D eigenvalue weighted by Crippen LogP contribution is 2.43. The lowest BCUT2D eigenvalue weighted by atomic mass is 9.84. The fraction of sp³-hybridized carbons (Fsp3) is 0.545. The van der Waals surface area contributed by atoms with Gasteiger partial charge in [-0.25, -0.2) is 4.79 Å². The largest absolute Gasteiger partial charge is 0.477 e. The zero-order valence-corrected chi connectivity index (χ0v) is 16.3. The summed E-state index contributed by atoms with van der Waals surface area (Å²) < 4.78 is 2.02. The topological polar surface area (TPSA) is 88.6 Å². The molecule has 2 aromatic rings. The van der Waals surface area contributed by atoms with Crippen molar-refractivity contribution in [1.29, 1.82) is 0 Å². The van der Waals surface area contributed by atoms with Crippen LogP contribution in [0.15, 0.2) is 17.1 Å². The highest BCUT2D eigenvalue weighted by Gasteiger charge is 2.33. The normalized spacial score (nSPS) is 24.5. The lowest BCUT2D eigenvalue weighted by Gasteiger charge is -2.29. The van der Waals surface area contributed by atoms with Crippen molar-refractivity contribution in [3.8, 4) is 0 Å². The van der Waals surface area contributed by atoms with Gasteiger partial charge in [0.25, 0.3) is 0 Å². The minimum atomic E-state index is -1.18. The molecule has 6 heteroatoms. The molecule has 0 atom stereocenters. The summed E-state index contributed by atoms with van der Waals surface area (Å²) in [7, 11) is 0. The van der Waals surface area contributed by atoms with Crippen LogP contribution in [-0.4, -0.2) is 28.7 Å². The fourth-order valence-electron chi connectivity index (χ4n) is 5.43. The molecule has 2 saturated heterocycles. The molecule has 3 N–H and O–H groups in total. The molecule has 2 aliphatic heterocycles. The molecule has 2 aliphatic carbocycles. The van der Waals surface area contributed by atoms with Crippen LogP contribution < -0.4 is 16.1 Å². The van der Waals surface area contributed by atoms with Crippen LogP contribution in [0.1, 0.15) is 60.5 Å². The van der Waals surface area contributed by atoms with Gasteiger partial charge in [0, 0.05) is 30.7 Å². The fourth-order valence-corrected chi connectivity index (χ4v) is 5.43. The van der Waals surface area contributed by atoms with Crippen molar-refractivity contribution in [2.24, 2.45) is 11.8 Å². The molecule has 0 unspecified atom stereocenters. The van der Waals surface area contributed by atoms with Gasteiger partial charge < -0.3 is 20.3 Å². The molecule has 6 rings (SSSR count). The molecule has 28 heavy (non-hydrogen) atoms. The zero-order valence-electron chi connectivity index (χ0n) is 16.3. The number of hydrogen-bond acceptors (Lipinski definition) is 4. The summed E-state index contributed by atoms with van der Waals surface area (Å²) in [6.07, 6.45) is 8.76. The molecule has 1 aromatic carbocycles. The number of aromatic carboxylic acids is 1. The summed E-state index contributed by atoms with van der Waals surface area (Å²) in [6.45, 7) is 4.08. The van der Waals surface area contributed by atoms with E-state index >= 15 is 0 Å². The molecule has 0 radical (unpaired) electrons. The van der Waals surface area contributed by atoms with E-state index < -0.39 is 11.4 Å². The van der Waals surface area contributed by atoms with E-state index in [-0.39, 0.29) is 11.6 Å². The van der Waals surface area contributed by atoms with E-state index in [2.05, 4.69) is 4.90 Å². The number of aryl methyl sites for hydroxylation is 1. The van der Waals surface area contributed by atoms with Crippen LogP contribution >= 0.6 is 0 Å². The summed E-state index contributed by atoms with van der Waals surface area (Å²) >= 11 is 0. The van der Waals surface area contributed by atoms with E-state index in [1.807, 2.05) is 11.5 Å². The second-order valence-corrected chi connectivity index (χ2v) is 8.94. The second kappa shape index (κ2) is 6.26. The molecule has 0 spiro atoms. The Morgan fingerprint density at radius 2 is 1.71 bits per heavy atom. The second-order valence-electron chi connectivity index (χ2n) is 8.94. The first-order valence-corrected chi connectivity index (χ1v) is 10.4. The minimum absolute atomic E-state index is 0.168. The monoisotopic (exact) mass is 381 g/mol. The highest BCUT2D eigenvalue weighted by atomic mass is 16.4. The maximum Gasteiger partial charge on any atom is 0.341 e. The maximum atomic E-state index is 12.9. The van der Waals surface area contributed by atoms with Gasteiger partial charge in [-0.05, 0) is 68.9 Å². The van der Waals surface area contributed by atoms with Crippen LogP contribution in [0.25, 0.3) is 10.9 Å². The third-order valence-corrected chi connectivity index (χ3v) is 6.96. The molecule has 148 valence electrons. The molecule has 4 aliphatic rings. The number of carboxylic acids is 1. The van der Waals surface area contributed by atoms with Crippen LogP contribution in [0.2, 0.25) is 0 Å². The number of benzene rings is 1. The van der Waals surface area contributed by atoms with Gasteiger partial charge in [0.2, 0.25) is 5.43 Å². The van der Waals surface area contributed by atoms with Crippen LogP contribution in [0.4, 0.5) is 11.4 Å². The number of nitrogen functional groups attached to an aromatic ring is 1. The number of nitrogens with zero attached hydrogens (tertiary/aromatic N) is 2. The summed E-state index contributed by atoms with van der Waals surface area (Å²) in [6, 6.07) is 2.00. The van der Waals surface area contributed by atoms with E-state index in [0.29, 0.717) is 22.9 Å². The minimum Gasteiger partial charge on any atom is -0.477 e. The van der Waals surface area contributed by atoms with Gasteiger partial charge >= 0.3 is 5.97 Å². The van der Waals surface area contributed by atoms with E-state index in [1.165, 1.54) is 25.7 Å². The van der Waals surface area contributed by atoms with E-state index in [1.54, 1.807) is 12.3 Å². The Balaban J connectivity index is 1.74. The summed E-state index contributed by atoms with van der Waals surface area (Å²) in [5, 5.41) is 9.93. The Kier molecular flexibility index (Phi) is 3.93. The quantitative estimate of drug-likeness (QED) is 0.794. The van der Waals surface area contributed by atoms with E-state index in [0.717, 1.165) is 42.7 Å². The maximum absolute atomic E-state index is 12.9. The van der Waals surface area contributed by atoms with Gasteiger partial charge in [-0.2, -0.15) is 0 Å². The zero-order chi connectivity index (χ0) is 19.6. The average molecular weight is 381 g/mol. The first-order chi connectivity index (χ1) is 13.4. The van der Waals surface area contributed by atoms with Crippen molar-refractivity contribution in [2.75, 3.05) is 23.7 Å². The number of anilines is 2. The Bertz CT molecular complexity index is 1020. The number of fused-ring (bicyclic) bond motifs is 5. The van der Waals surface area contributed by atoms with Crippen LogP contribution in [0.3, 0.4) is 0 Å². The SMILES string of the molecule is Cc1c(N2CC3CCC(CC3)C2)c(N)cc2c(=O)c(C(=O)O)cn(C3CC3)c12. The number of hydrogen-bond donors (Lipinski definition) is 2. The Morgan fingerprint density at radius 3 is 2.25 bits per heavy atom. The predicted octanol–water partition coefficient (Wildman–Crippen LogP) is 3.55. The molecule has 2 saturated carbocycles. The molecule has 0 amide bonds. The van der Waals surface area contributed by atoms with Crippen molar-refractivity contribution < 1.29 is 9.90 Å². The number of rotatable bonds is 3. The molecule has 2 bridgehead atoms. The Morgan fingerprint density at radius 1 is 1.11 bits per heavy atom.